The Morgan fingerprint density at radius 1 is 1.27 bits per heavy atom. The maximum atomic E-state index is 12.4. The number of aliphatic hydroxyl groups excluding tert-OH is 2. The van der Waals surface area contributed by atoms with Crippen molar-refractivity contribution in [3.63, 3.8) is 0 Å². The smallest absolute Gasteiger partial charge is 0.289 e. The number of hydrogen-bond donors (Lipinski definition) is 2. The number of furan rings is 1. The van der Waals surface area contributed by atoms with E-state index in [-0.39, 0.29) is 30.7 Å². The molecule has 5 nitrogen and oxygen atoms in total. The summed E-state index contributed by atoms with van der Waals surface area (Å²) in [7, 11) is 0. The van der Waals surface area contributed by atoms with Gasteiger partial charge in [-0.25, -0.2) is 0 Å². The SMILES string of the molecule is O=C(c1cc(-c2ccccc2)co1)N1CCC(CO)C(O)C1. The Morgan fingerprint density at radius 2 is 2.05 bits per heavy atom. The van der Waals surface area contributed by atoms with Gasteiger partial charge in [0.25, 0.3) is 5.91 Å². The highest BCUT2D eigenvalue weighted by molar-refractivity contribution is 5.93. The molecule has 5 heteroatoms. The molecule has 2 atom stereocenters. The van der Waals surface area contributed by atoms with Crippen LogP contribution in [0.3, 0.4) is 0 Å². The van der Waals surface area contributed by atoms with Crippen molar-refractivity contribution >= 4 is 5.91 Å². The van der Waals surface area contributed by atoms with Crippen LogP contribution < -0.4 is 0 Å². The molecule has 0 saturated carbocycles. The van der Waals surface area contributed by atoms with E-state index in [1.165, 1.54) is 0 Å². The number of aliphatic hydroxyl groups is 2. The molecule has 1 aromatic heterocycles. The predicted molar refractivity (Wildman–Crippen MR) is 81.2 cm³/mol. The van der Waals surface area contributed by atoms with E-state index in [1.807, 2.05) is 30.3 Å². The molecular formula is C17H19NO4. The highest BCUT2D eigenvalue weighted by atomic mass is 16.3. The zero-order chi connectivity index (χ0) is 15.5. The second-order valence-corrected chi connectivity index (χ2v) is 5.62. The van der Waals surface area contributed by atoms with Gasteiger partial charge >= 0.3 is 0 Å². The van der Waals surface area contributed by atoms with E-state index in [0.29, 0.717) is 13.0 Å². The monoisotopic (exact) mass is 301 g/mol. The van der Waals surface area contributed by atoms with Crippen LogP contribution in [0.2, 0.25) is 0 Å². The molecule has 1 aliphatic heterocycles. The lowest BCUT2D eigenvalue weighted by Crippen LogP contribution is -2.47. The van der Waals surface area contributed by atoms with E-state index in [2.05, 4.69) is 0 Å². The maximum Gasteiger partial charge on any atom is 0.289 e. The average molecular weight is 301 g/mol. The summed E-state index contributed by atoms with van der Waals surface area (Å²) in [6.07, 6.45) is 1.47. The van der Waals surface area contributed by atoms with Crippen LogP contribution in [0, 0.1) is 5.92 Å². The fourth-order valence-electron chi connectivity index (χ4n) is 2.76. The number of hydrogen-bond acceptors (Lipinski definition) is 4. The van der Waals surface area contributed by atoms with Gasteiger partial charge in [0.05, 0.1) is 12.4 Å². The van der Waals surface area contributed by atoms with Crippen molar-refractivity contribution in [1.82, 2.24) is 4.90 Å². The summed E-state index contributed by atoms with van der Waals surface area (Å²) in [5.74, 6) is -0.105. The molecule has 116 valence electrons. The lowest BCUT2D eigenvalue weighted by molar-refractivity contribution is -0.000225. The molecule has 1 aliphatic rings. The molecule has 2 aromatic rings. The summed E-state index contributed by atoms with van der Waals surface area (Å²) in [4.78, 5) is 14.0. The Kier molecular flexibility index (Phi) is 4.27. The van der Waals surface area contributed by atoms with Crippen LogP contribution in [0.25, 0.3) is 11.1 Å². The third kappa shape index (κ3) is 2.91. The quantitative estimate of drug-likeness (QED) is 0.906. The Balaban J connectivity index is 1.72. The van der Waals surface area contributed by atoms with E-state index in [9.17, 15) is 9.90 Å². The molecule has 1 saturated heterocycles. The van der Waals surface area contributed by atoms with E-state index < -0.39 is 6.10 Å². The molecule has 2 heterocycles. The molecule has 0 spiro atoms. The third-order valence-corrected chi connectivity index (χ3v) is 4.16. The van der Waals surface area contributed by atoms with Gasteiger partial charge in [-0.05, 0) is 18.1 Å². The topological polar surface area (TPSA) is 73.9 Å². The molecule has 2 N–H and O–H groups in total. The van der Waals surface area contributed by atoms with Crippen LogP contribution in [0.15, 0.2) is 47.1 Å². The van der Waals surface area contributed by atoms with E-state index >= 15 is 0 Å². The number of benzene rings is 1. The van der Waals surface area contributed by atoms with Gasteiger partial charge < -0.3 is 19.5 Å². The molecule has 0 bridgehead atoms. The number of amides is 1. The summed E-state index contributed by atoms with van der Waals surface area (Å²) in [6, 6.07) is 11.4. The van der Waals surface area contributed by atoms with Crippen molar-refractivity contribution in [3.05, 3.63) is 48.4 Å². The number of piperidine rings is 1. The number of likely N-dealkylation sites (tertiary alicyclic amines) is 1. The zero-order valence-corrected chi connectivity index (χ0v) is 12.2. The van der Waals surface area contributed by atoms with Crippen LogP contribution >= 0.6 is 0 Å². The van der Waals surface area contributed by atoms with Crippen LogP contribution in [-0.2, 0) is 0 Å². The van der Waals surface area contributed by atoms with Gasteiger partial charge in [0.1, 0.15) is 0 Å². The highest BCUT2D eigenvalue weighted by Gasteiger charge is 2.31. The molecule has 1 aromatic carbocycles. The number of β-amino-alcohol motifs (C(OH)–C–C–N with tert-alkyl or cyclic N) is 1. The summed E-state index contributed by atoms with van der Waals surface area (Å²) >= 11 is 0. The minimum Gasteiger partial charge on any atom is -0.459 e. The second kappa shape index (κ2) is 6.34. The average Bonchev–Trinajstić information content (AvgIpc) is 3.05. The van der Waals surface area contributed by atoms with Crippen molar-refractivity contribution in [3.8, 4) is 11.1 Å². The van der Waals surface area contributed by atoms with Gasteiger partial charge in [-0.1, -0.05) is 30.3 Å². The normalized spacial score (nSPS) is 21.8. The number of nitrogens with zero attached hydrogens (tertiary/aromatic N) is 1. The van der Waals surface area contributed by atoms with Gasteiger partial charge in [0.2, 0.25) is 0 Å². The first kappa shape index (κ1) is 14.8. The van der Waals surface area contributed by atoms with Gasteiger partial charge in [0.15, 0.2) is 5.76 Å². The largest absolute Gasteiger partial charge is 0.459 e. The molecule has 1 fully saturated rings. The second-order valence-electron chi connectivity index (χ2n) is 5.62. The molecule has 2 unspecified atom stereocenters. The van der Waals surface area contributed by atoms with E-state index in [0.717, 1.165) is 11.1 Å². The van der Waals surface area contributed by atoms with Gasteiger partial charge in [-0.3, -0.25) is 4.79 Å². The van der Waals surface area contributed by atoms with Gasteiger partial charge in [0, 0.05) is 31.2 Å². The van der Waals surface area contributed by atoms with E-state index in [1.54, 1.807) is 17.2 Å². The van der Waals surface area contributed by atoms with E-state index in [4.69, 9.17) is 9.52 Å². The van der Waals surface area contributed by atoms with Crippen molar-refractivity contribution < 1.29 is 19.4 Å². The van der Waals surface area contributed by atoms with Crippen molar-refractivity contribution in [2.24, 2.45) is 5.92 Å². The number of carbonyl (C=O) groups excluding carboxylic acids is 1. The van der Waals surface area contributed by atoms with Crippen LogP contribution in [-0.4, -0.2) is 46.8 Å². The van der Waals surface area contributed by atoms with Crippen molar-refractivity contribution in [2.45, 2.75) is 12.5 Å². The third-order valence-electron chi connectivity index (χ3n) is 4.16. The lowest BCUT2D eigenvalue weighted by atomic mass is 9.94. The highest BCUT2D eigenvalue weighted by Crippen LogP contribution is 2.24. The summed E-state index contributed by atoms with van der Waals surface area (Å²) in [5.41, 5.74) is 1.85. The van der Waals surface area contributed by atoms with Crippen LogP contribution in [0.4, 0.5) is 0 Å². The summed E-state index contributed by atoms with van der Waals surface area (Å²) in [5, 5.41) is 19.1. The maximum absolute atomic E-state index is 12.4. The minimum absolute atomic E-state index is 0.0535. The van der Waals surface area contributed by atoms with Gasteiger partial charge in [-0.2, -0.15) is 0 Å². The molecule has 1 amide bonds. The molecule has 22 heavy (non-hydrogen) atoms. The van der Waals surface area contributed by atoms with Crippen LogP contribution in [0.5, 0.6) is 0 Å². The van der Waals surface area contributed by atoms with Gasteiger partial charge in [-0.15, -0.1) is 0 Å². The molecule has 3 rings (SSSR count). The summed E-state index contributed by atoms with van der Waals surface area (Å²) < 4.78 is 5.40. The zero-order valence-electron chi connectivity index (χ0n) is 12.2. The Hall–Kier alpha value is -2.11. The van der Waals surface area contributed by atoms with Crippen molar-refractivity contribution in [2.75, 3.05) is 19.7 Å². The first-order valence-corrected chi connectivity index (χ1v) is 7.41. The molecule has 0 aliphatic carbocycles. The number of carbonyl (C=O) groups is 1. The van der Waals surface area contributed by atoms with Crippen LogP contribution in [0.1, 0.15) is 17.0 Å². The summed E-state index contributed by atoms with van der Waals surface area (Å²) in [6.45, 7) is 0.691. The fourth-order valence-corrected chi connectivity index (χ4v) is 2.76. The number of rotatable bonds is 3. The predicted octanol–water partition coefficient (Wildman–Crippen LogP) is 1.76. The van der Waals surface area contributed by atoms with Crippen molar-refractivity contribution in [1.29, 1.82) is 0 Å². The molecular weight excluding hydrogens is 282 g/mol. The standard InChI is InChI=1S/C17H19NO4/c19-10-13-6-7-18(9-15(13)20)17(21)16-8-14(11-22-16)12-4-2-1-3-5-12/h1-5,8,11,13,15,19-20H,6-7,9-10H2. The fraction of sp³-hybridized carbons (Fsp3) is 0.353. The Morgan fingerprint density at radius 3 is 2.73 bits per heavy atom. The molecule has 0 radical (unpaired) electrons. The first-order chi connectivity index (χ1) is 10.7. The minimum atomic E-state index is -0.689. The Bertz CT molecular complexity index is 637. The first-order valence-electron chi connectivity index (χ1n) is 7.41. The Labute approximate surface area is 128 Å². The lowest BCUT2D eigenvalue weighted by Gasteiger charge is -2.34.